The zero-order chi connectivity index (χ0) is 13.0. The molecule has 98 valence electrons. The van der Waals surface area contributed by atoms with Crippen LogP contribution >= 0.6 is 0 Å². The molecule has 0 saturated heterocycles. The van der Waals surface area contributed by atoms with Gasteiger partial charge in [0.05, 0.1) is 0 Å². The van der Waals surface area contributed by atoms with Crippen molar-refractivity contribution in [3.8, 4) is 0 Å². The van der Waals surface area contributed by atoms with E-state index in [1.165, 1.54) is 13.3 Å². The highest BCUT2D eigenvalue weighted by Crippen LogP contribution is 2.26. The number of hydrogen-bond acceptors (Lipinski definition) is 2. The molecule has 0 bridgehead atoms. The number of aliphatic carboxylic acids is 1. The van der Waals surface area contributed by atoms with Crippen LogP contribution in [-0.2, 0) is 4.79 Å². The summed E-state index contributed by atoms with van der Waals surface area (Å²) in [5.74, 6) is -0.371. The zero-order valence-corrected chi connectivity index (χ0v) is 10.8. The van der Waals surface area contributed by atoms with Gasteiger partial charge in [-0.15, -0.1) is 0 Å². The smallest absolute Gasteiger partial charge is 0.325 e. The molecule has 0 aromatic heterocycles. The van der Waals surface area contributed by atoms with Crippen LogP contribution in [0.3, 0.4) is 0 Å². The van der Waals surface area contributed by atoms with Gasteiger partial charge in [-0.05, 0) is 25.7 Å². The average molecular weight is 242 g/mol. The molecule has 2 N–H and O–H groups in total. The van der Waals surface area contributed by atoms with Crippen LogP contribution in [0, 0.1) is 5.92 Å². The summed E-state index contributed by atoms with van der Waals surface area (Å²) in [6.07, 6.45) is 4.37. The second-order valence-corrected chi connectivity index (χ2v) is 5.05. The molecule has 0 aromatic carbocycles. The fraction of sp³-hybridized carbons (Fsp3) is 0.833. The quantitative estimate of drug-likeness (QED) is 0.791. The van der Waals surface area contributed by atoms with Gasteiger partial charge in [0.1, 0.15) is 6.04 Å². The molecule has 0 aromatic rings. The van der Waals surface area contributed by atoms with E-state index in [1.807, 2.05) is 0 Å². The maximum absolute atomic E-state index is 11.8. The fourth-order valence-electron chi connectivity index (χ4n) is 2.27. The van der Waals surface area contributed by atoms with Crippen LogP contribution in [0.5, 0.6) is 0 Å². The number of carbonyl (C=O) groups is 2. The number of nitrogens with one attached hydrogen (secondary N) is 1. The molecule has 1 aliphatic carbocycles. The predicted molar refractivity (Wildman–Crippen MR) is 64.8 cm³/mol. The van der Waals surface area contributed by atoms with Gasteiger partial charge in [0.25, 0.3) is 0 Å². The number of carboxylic acids is 1. The summed E-state index contributed by atoms with van der Waals surface area (Å²) in [6.45, 7) is 3.66. The fourth-order valence-corrected chi connectivity index (χ4v) is 2.27. The molecule has 3 atom stereocenters. The van der Waals surface area contributed by atoms with E-state index in [4.69, 9.17) is 5.11 Å². The van der Waals surface area contributed by atoms with Crippen LogP contribution in [0.15, 0.2) is 0 Å². The van der Waals surface area contributed by atoms with Gasteiger partial charge in [0, 0.05) is 13.1 Å². The Morgan fingerprint density at radius 2 is 2.06 bits per heavy atom. The van der Waals surface area contributed by atoms with E-state index in [0.29, 0.717) is 5.92 Å². The van der Waals surface area contributed by atoms with Crippen molar-refractivity contribution in [3.63, 3.8) is 0 Å². The standard InChI is InChI=1S/C12H22N2O3/c1-8-5-4-6-10(7-8)14(3)12(17)13-9(2)11(15)16/h8-10H,4-7H2,1-3H3,(H,13,17)(H,15,16). The first kappa shape index (κ1) is 13.8. The van der Waals surface area contributed by atoms with Gasteiger partial charge in [-0.3, -0.25) is 4.79 Å². The first-order valence-electron chi connectivity index (χ1n) is 6.18. The minimum atomic E-state index is -1.01. The molecule has 0 spiro atoms. The van der Waals surface area contributed by atoms with E-state index in [2.05, 4.69) is 12.2 Å². The van der Waals surface area contributed by atoms with Crippen LogP contribution in [0.2, 0.25) is 0 Å². The molecule has 1 aliphatic rings. The van der Waals surface area contributed by atoms with Crippen LogP contribution in [-0.4, -0.2) is 41.1 Å². The van der Waals surface area contributed by atoms with Crippen molar-refractivity contribution in [1.29, 1.82) is 0 Å². The molecule has 5 nitrogen and oxygen atoms in total. The van der Waals surface area contributed by atoms with E-state index in [9.17, 15) is 9.59 Å². The predicted octanol–water partition coefficient (Wildman–Crippen LogP) is 1.68. The Labute approximate surface area is 102 Å². The number of rotatable bonds is 3. The van der Waals surface area contributed by atoms with E-state index in [0.717, 1.165) is 19.3 Å². The molecule has 0 heterocycles. The average Bonchev–Trinajstić information content (AvgIpc) is 2.27. The minimum absolute atomic E-state index is 0.236. The third-order valence-electron chi connectivity index (χ3n) is 3.49. The van der Waals surface area contributed by atoms with Crippen LogP contribution in [0.1, 0.15) is 39.5 Å². The topological polar surface area (TPSA) is 69.6 Å². The number of carbonyl (C=O) groups excluding carboxylic acids is 1. The molecular weight excluding hydrogens is 220 g/mol. The largest absolute Gasteiger partial charge is 0.480 e. The number of carboxylic acid groups (broad SMARTS) is 1. The Kier molecular flexibility index (Phi) is 4.78. The lowest BCUT2D eigenvalue weighted by Crippen LogP contribution is -2.49. The lowest BCUT2D eigenvalue weighted by atomic mass is 9.86. The number of hydrogen-bond donors (Lipinski definition) is 2. The summed E-state index contributed by atoms with van der Waals surface area (Å²) in [6, 6.07) is -0.898. The first-order chi connectivity index (χ1) is 7.91. The van der Waals surface area contributed by atoms with Crippen LogP contribution < -0.4 is 5.32 Å². The SMILES string of the molecule is CC1CCCC(N(C)C(=O)NC(C)C(=O)O)C1. The second-order valence-electron chi connectivity index (χ2n) is 5.05. The summed E-state index contributed by atoms with van der Waals surface area (Å²) in [5.41, 5.74) is 0. The van der Waals surface area contributed by atoms with Crippen molar-refractivity contribution in [3.05, 3.63) is 0 Å². The molecule has 5 heteroatoms. The third kappa shape index (κ3) is 3.91. The highest BCUT2D eigenvalue weighted by Gasteiger charge is 2.26. The van der Waals surface area contributed by atoms with Gasteiger partial charge in [-0.1, -0.05) is 19.8 Å². The molecule has 3 unspecified atom stereocenters. The minimum Gasteiger partial charge on any atom is -0.480 e. The van der Waals surface area contributed by atoms with Gasteiger partial charge in [-0.2, -0.15) is 0 Å². The summed E-state index contributed by atoms with van der Waals surface area (Å²) < 4.78 is 0. The zero-order valence-electron chi connectivity index (χ0n) is 10.8. The summed E-state index contributed by atoms with van der Waals surface area (Å²) in [7, 11) is 1.74. The highest BCUT2D eigenvalue weighted by atomic mass is 16.4. The summed E-state index contributed by atoms with van der Waals surface area (Å²) in [4.78, 5) is 24.1. The Morgan fingerprint density at radius 1 is 1.41 bits per heavy atom. The van der Waals surface area contributed by atoms with Crippen molar-refractivity contribution in [1.82, 2.24) is 10.2 Å². The van der Waals surface area contributed by atoms with E-state index in [1.54, 1.807) is 11.9 Å². The van der Waals surface area contributed by atoms with Crippen molar-refractivity contribution < 1.29 is 14.7 Å². The first-order valence-corrected chi connectivity index (χ1v) is 6.18. The molecule has 1 fully saturated rings. The van der Waals surface area contributed by atoms with E-state index >= 15 is 0 Å². The van der Waals surface area contributed by atoms with Gasteiger partial charge in [0.2, 0.25) is 0 Å². The van der Waals surface area contributed by atoms with Gasteiger partial charge in [-0.25, -0.2) is 4.79 Å². The van der Waals surface area contributed by atoms with E-state index in [-0.39, 0.29) is 12.1 Å². The molecule has 1 saturated carbocycles. The Balaban J connectivity index is 2.48. The number of amides is 2. The Morgan fingerprint density at radius 3 is 2.59 bits per heavy atom. The Bertz CT molecular complexity index is 293. The molecule has 2 amide bonds. The van der Waals surface area contributed by atoms with E-state index < -0.39 is 12.0 Å². The van der Waals surface area contributed by atoms with Gasteiger partial charge >= 0.3 is 12.0 Å². The summed E-state index contributed by atoms with van der Waals surface area (Å²) in [5, 5.41) is 11.2. The molecule has 17 heavy (non-hydrogen) atoms. The molecule has 0 radical (unpaired) electrons. The molecule has 0 aliphatic heterocycles. The van der Waals surface area contributed by atoms with Gasteiger partial charge < -0.3 is 15.3 Å². The monoisotopic (exact) mass is 242 g/mol. The van der Waals surface area contributed by atoms with Crippen molar-refractivity contribution in [2.24, 2.45) is 5.92 Å². The second kappa shape index (κ2) is 5.89. The summed E-state index contributed by atoms with van der Waals surface area (Å²) >= 11 is 0. The molecule has 1 rings (SSSR count). The maximum atomic E-state index is 11.8. The molecular formula is C12H22N2O3. The van der Waals surface area contributed by atoms with Crippen LogP contribution in [0.4, 0.5) is 4.79 Å². The number of nitrogens with zero attached hydrogens (tertiary/aromatic N) is 1. The van der Waals surface area contributed by atoms with Crippen molar-refractivity contribution in [2.75, 3.05) is 7.05 Å². The van der Waals surface area contributed by atoms with Crippen molar-refractivity contribution >= 4 is 12.0 Å². The highest BCUT2D eigenvalue weighted by molar-refractivity contribution is 5.82. The lowest BCUT2D eigenvalue weighted by Gasteiger charge is -2.34. The number of urea groups is 1. The Hall–Kier alpha value is -1.26. The third-order valence-corrected chi connectivity index (χ3v) is 3.49. The maximum Gasteiger partial charge on any atom is 0.325 e. The normalized spacial score (nSPS) is 26.1. The van der Waals surface area contributed by atoms with Crippen LogP contribution in [0.25, 0.3) is 0 Å². The lowest BCUT2D eigenvalue weighted by molar-refractivity contribution is -0.138. The van der Waals surface area contributed by atoms with Crippen molar-refractivity contribution in [2.45, 2.75) is 51.6 Å². The van der Waals surface area contributed by atoms with Gasteiger partial charge in [0.15, 0.2) is 0 Å².